The summed E-state index contributed by atoms with van der Waals surface area (Å²) in [4.78, 5) is 10.0. The summed E-state index contributed by atoms with van der Waals surface area (Å²) in [5.41, 5.74) is 1.69. The SMILES string of the molecule is O=[N+]([O-])c1ccc(S(=O)(=O)Nc2cccc(C#Cc3ccccc3)c2)cc1. The molecule has 0 spiro atoms. The number of sulfonamides is 1. The van der Waals surface area contributed by atoms with Gasteiger partial charge in [0, 0.05) is 23.3 Å². The number of anilines is 1. The summed E-state index contributed by atoms with van der Waals surface area (Å²) in [7, 11) is -3.86. The van der Waals surface area contributed by atoms with Crippen molar-refractivity contribution in [3.8, 4) is 11.8 Å². The van der Waals surface area contributed by atoms with Gasteiger partial charge in [0.1, 0.15) is 0 Å². The highest BCUT2D eigenvalue weighted by molar-refractivity contribution is 7.92. The van der Waals surface area contributed by atoms with Gasteiger partial charge in [-0.1, -0.05) is 36.1 Å². The summed E-state index contributed by atoms with van der Waals surface area (Å²) in [5.74, 6) is 6.00. The lowest BCUT2D eigenvalue weighted by Gasteiger charge is -2.08. The van der Waals surface area contributed by atoms with Crippen LogP contribution in [0.15, 0.2) is 83.8 Å². The lowest BCUT2D eigenvalue weighted by atomic mass is 10.2. The van der Waals surface area contributed by atoms with Crippen LogP contribution in [0.25, 0.3) is 0 Å². The Labute approximate surface area is 156 Å². The lowest BCUT2D eigenvalue weighted by molar-refractivity contribution is -0.384. The van der Waals surface area contributed by atoms with Crippen molar-refractivity contribution in [2.75, 3.05) is 4.72 Å². The summed E-state index contributed by atoms with van der Waals surface area (Å²) in [6.07, 6.45) is 0. The second-order valence-corrected chi connectivity index (χ2v) is 7.24. The van der Waals surface area contributed by atoms with Gasteiger partial charge >= 0.3 is 0 Å². The van der Waals surface area contributed by atoms with Gasteiger partial charge in [-0.25, -0.2) is 8.42 Å². The van der Waals surface area contributed by atoms with Gasteiger partial charge in [-0.2, -0.15) is 0 Å². The molecule has 6 nitrogen and oxygen atoms in total. The van der Waals surface area contributed by atoms with Gasteiger partial charge in [0.25, 0.3) is 15.7 Å². The van der Waals surface area contributed by atoms with Crippen LogP contribution in [0.3, 0.4) is 0 Å². The van der Waals surface area contributed by atoms with E-state index in [9.17, 15) is 18.5 Å². The van der Waals surface area contributed by atoms with E-state index in [1.54, 1.807) is 24.3 Å². The predicted molar refractivity (Wildman–Crippen MR) is 103 cm³/mol. The predicted octanol–water partition coefficient (Wildman–Crippen LogP) is 3.80. The van der Waals surface area contributed by atoms with Crippen molar-refractivity contribution in [2.45, 2.75) is 4.90 Å². The smallest absolute Gasteiger partial charge is 0.269 e. The molecule has 134 valence electrons. The first-order valence-corrected chi connectivity index (χ1v) is 9.37. The first-order chi connectivity index (χ1) is 12.9. The maximum Gasteiger partial charge on any atom is 0.269 e. The minimum absolute atomic E-state index is 0.0612. The number of hydrogen-bond acceptors (Lipinski definition) is 4. The molecule has 0 amide bonds. The molecule has 1 N–H and O–H groups in total. The summed E-state index contributed by atoms with van der Waals surface area (Å²) < 4.78 is 27.4. The fourth-order valence-corrected chi connectivity index (χ4v) is 3.34. The molecule has 0 fully saturated rings. The highest BCUT2D eigenvalue weighted by atomic mass is 32.2. The van der Waals surface area contributed by atoms with Crippen LogP contribution in [0.4, 0.5) is 11.4 Å². The van der Waals surface area contributed by atoms with E-state index in [0.717, 1.165) is 17.7 Å². The maximum absolute atomic E-state index is 12.5. The van der Waals surface area contributed by atoms with Crippen LogP contribution in [-0.2, 0) is 10.0 Å². The van der Waals surface area contributed by atoms with E-state index in [4.69, 9.17) is 0 Å². The molecule has 3 rings (SSSR count). The first kappa shape index (κ1) is 18.2. The van der Waals surface area contributed by atoms with Gasteiger partial charge in [-0.15, -0.1) is 0 Å². The minimum atomic E-state index is -3.86. The van der Waals surface area contributed by atoms with Crippen molar-refractivity contribution in [3.63, 3.8) is 0 Å². The van der Waals surface area contributed by atoms with Crippen LogP contribution in [0, 0.1) is 22.0 Å². The van der Waals surface area contributed by atoms with E-state index >= 15 is 0 Å². The van der Waals surface area contributed by atoms with Gasteiger partial charge < -0.3 is 0 Å². The number of hydrogen-bond donors (Lipinski definition) is 1. The van der Waals surface area contributed by atoms with E-state index in [1.165, 1.54) is 12.1 Å². The van der Waals surface area contributed by atoms with E-state index < -0.39 is 14.9 Å². The second kappa shape index (κ2) is 7.72. The van der Waals surface area contributed by atoms with Crippen LogP contribution in [-0.4, -0.2) is 13.3 Å². The number of non-ortho nitro benzene ring substituents is 1. The van der Waals surface area contributed by atoms with Gasteiger partial charge in [-0.05, 0) is 42.5 Å². The van der Waals surface area contributed by atoms with Gasteiger partial charge in [0.15, 0.2) is 0 Å². The average Bonchev–Trinajstić information content (AvgIpc) is 2.67. The molecule has 0 saturated heterocycles. The topological polar surface area (TPSA) is 89.3 Å². The Morgan fingerprint density at radius 1 is 0.815 bits per heavy atom. The third-order valence-electron chi connectivity index (χ3n) is 3.60. The number of nitro groups is 1. The Morgan fingerprint density at radius 2 is 1.44 bits per heavy atom. The maximum atomic E-state index is 12.5. The molecule has 0 aromatic heterocycles. The molecule has 0 radical (unpaired) electrons. The van der Waals surface area contributed by atoms with E-state index in [1.807, 2.05) is 30.3 Å². The zero-order valence-corrected chi connectivity index (χ0v) is 14.8. The standard InChI is InChI=1S/C20H14N2O4S/c23-22(24)19-11-13-20(14-12-19)27(25,26)21-18-8-4-7-17(15-18)10-9-16-5-2-1-3-6-16/h1-8,11-15,21H. The zero-order valence-electron chi connectivity index (χ0n) is 14.0. The molecular weight excluding hydrogens is 364 g/mol. The van der Waals surface area contributed by atoms with Crippen LogP contribution >= 0.6 is 0 Å². The van der Waals surface area contributed by atoms with E-state index in [-0.39, 0.29) is 10.6 Å². The highest BCUT2D eigenvalue weighted by Crippen LogP contribution is 2.19. The number of nitrogens with one attached hydrogen (secondary N) is 1. The molecule has 7 heteroatoms. The van der Waals surface area contributed by atoms with E-state index in [2.05, 4.69) is 16.6 Å². The Bertz CT molecular complexity index is 1130. The largest absolute Gasteiger partial charge is 0.280 e. The van der Waals surface area contributed by atoms with Crippen LogP contribution in [0.5, 0.6) is 0 Å². The Morgan fingerprint density at radius 3 is 2.11 bits per heavy atom. The molecule has 3 aromatic rings. The molecule has 0 heterocycles. The molecule has 0 bridgehead atoms. The summed E-state index contributed by atoms with van der Waals surface area (Å²) >= 11 is 0. The average molecular weight is 378 g/mol. The number of nitro benzene ring substituents is 1. The zero-order chi connectivity index (χ0) is 19.3. The highest BCUT2D eigenvalue weighted by Gasteiger charge is 2.16. The lowest BCUT2D eigenvalue weighted by Crippen LogP contribution is -2.13. The molecule has 0 atom stereocenters. The summed E-state index contributed by atoms with van der Waals surface area (Å²) in [6.45, 7) is 0. The molecule has 27 heavy (non-hydrogen) atoms. The Hall–Kier alpha value is -3.63. The molecule has 3 aromatic carbocycles. The molecule has 0 aliphatic rings. The molecule has 0 aliphatic carbocycles. The third-order valence-corrected chi connectivity index (χ3v) is 4.99. The summed E-state index contributed by atoms with van der Waals surface area (Å²) in [5, 5.41) is 10.7. The van der Waals surface area contributed by atoms with Crippen molar-refractivity contribution in [3.05, 3.63) is 100 Å². The van der Waals surface area contributed by atoms with Gasteiger partial charge in [-0.3, -0.25) is 14.8 Å². The van der Waals surface area contributed by atoms with Gasteiger partial charge in [0.2, 0.25) is 0 Å². The monoisotopic (exact) mass is 378 g/mol. The van der Waals surface area contributed by atoms with E-state index in [0.29, 0.717) is 11.3 Å². The fourth-order valence-electron chi connectivity index (χ4n) is 2.29. The third kappa shape index (κ3) is 4.71. The first-order valence-electron chi connectivity index (χ1n) is 7.88. The van der Waals surface area contributed by atoms with Crippen molar-refractivity contribution < 1.29 is 13.3 Å². The number of rotatable bonds is 4. The van der Waals surface area contributed by atoms with Crippen molar-refractivity contribution >= 4 is 21.4 Å². The quantitative estimate of drug-likeness (QED) is 0.425. The molecule has 0 unspecified atom stereocenters. The normalized spacial score (nSPS) is 10.5. The number of benzene rings is 3. The van der Waals surface area contributed by atoms with Crippen molar-refractivity contribution in [1.82, 2.24) is 0 Å². The Balaban J connectivity index is 1.81. The second-order valence-electron chi connectivity index (χ2n) is 5.55. The number of nitrogens with zero attached hydrogens (tertiary/aromatic N) is 1. The minimum Gasteiger partial charge on any atom is -0.280 e. The van der Waals surface area contributed by atoms with Crippen LogP contribution in [0.1, 0.15) is 11.1 Å². The molecule has 0 aliphatic heterocycles. The van der Waals surface area contributed by atoms with Crippen molar-refractivity contribution in [1.29, 1.82) is 0 Å². The Kier molecular flexibility index (Phi) is 5.20. The molecular formula is C20H14N2O4S. The van der Waals surface area contributed by atoms with Crippen molar-refractivity contribution in [2.24, 2.45) is 0 Å². The molecule has 0 saturated carbocycles. The fraction of sp³-hybridized carbons (Fsp3) is 0. The van der Waals surface area contributed by atoms with Crippen LogP contribution in [0.2, 0.25) is 0 Å². The van der Waals surface area contributed by atoms with Gasteiger partial charge in [0.05, 0.1) is 15.5 Å². The summed E-state index contributed by atoms with van der Waals surface area (Å²) in [6, 6.07) is 20.8. The van der Waals surface area contributed by atoms with Crippen LogP contribution < -0.4 is 4.72 Å².